The zero-order valence-electron chi connectivity index (χ0n) is 11.2. The third-order valence-corrected chi connectivity index (χ3v) is 5.14. The highest BCUT2D eigenvalue weighted by Gasteiger charge is 2.44. The van der Waals surface area contributed by atoms with Gasteiger partial charge in [-0.15, -0.1) is 0 Å². The predicted molar refractivity (Wildman–Crippen MR) is 74.8 cm³/mol. The Labute approximate surface area is 108 Å². The lowest BCUT2D eigenvalue weighted by molar-refractivity contribution is 0.135. The van der Waals surface area contributed by atoms with Gasteiger partial charge in [0.05, 0.1) is 5.54 Å². The fourth-order valence-electron chi connectivity index (χ4n) is 4.30. The third-order valence-electron chi connectivity index (χ3n) is 5.14. The molecule has 1 aromatic carbocycles. The molecule has 3 heterocycles. The lowest BCUT2D eigenvalue weighted by atomic mass is 9.86. The van der Waals surface area contributed by atoms with Crippen molar-refractivity contribution in [3.05, 3.63) is 35.5 Å². The second-order valence-corrected chi connectivity index (χ2v) is 6.02. The summed E-state index contributed by atoms with van der Waals surface area (Å²) in [5, 5.41) is 1.47. The van der Waals surface area contributed by atoms with Crippen molar-refractivity contribution in [3.8, 4) is 0 Å². The summed E-state index contributed by atoms with van der Waals surface area (Å²) >= 11 is 0. The molecule has 2 heteroatoms. The van der Waals surface area contributed by atoms with Crippen molar-refractivity contribution < 1.29 is 0 Å². The molecule has 1 aromatic heterocycles. The van der Waals surface area contributed by atoms with Crippen LogP contribution in [0, 0.1) is 0 Å². The highest BCUT2D eigenvalue weighted by atomic mass is 15.2. The minimum Gasteiger partial charge on any atom is -0.346 e. The smallest absolute Gasteiger partial charge is 0.0588 e. The number of aryl methyl sites for hydroxylation is 1. The molecule has 0 bridgehead atoms. The van der Waals surface area contributed by atoms with Crippen molar-refractivity contribution in [2.75, 3.05) is 13.1 Å². The maximum atomic E-state index is 2.69. The van der Waals surface area contributed by atoms with Crippen LogP contribution in [-0.2, 0) is 19.0 Å². The lowest BCUT2D eigenvalue weighted by Gasteiger charge is -2.40. The van der Waals surface area contributed by atoms with E-state index in [4.69, 9.17) is 0 Å². The Hall–Kier alpha value is -1.28. The van der Waals surface area contributed by atoms with Crippen molar-refractivity contribution in [3.63, 3.8) is 0 Å². The zero-order valence-corrected chi connectivity index (χ0v) is 11.2. The van der Waals surface area contributed by atoms with Gasteiger partial charge in [-0.25, -0.2) is 0 Å². The summed E-state index contributed by atoms with van der Waals surface area (Å²) in [6.45, 7) is 4.95. The molecule has 2 aromatic rings. The molecule has 2 aliphatic heterocycles. The van der Waals surface area contributed by atoms with Gasteiger partial charge in [-0.1, -0.05) is 18.2 Å². The molecule has 0 N–H and O–H groups in total. The van der Waals surface area contributed by atoms with Gasteiger partial charge in [0.25, 0.3) is 0 Å². The van der Waals surface area contributed by atoms with Crippen LogP contribution in [0.2, 0.25) is 0 Å². The number of para-hydroxylation sites is 1. The summed E-state index contributed by atoms with van der Waals surface area (Å²) in [4.78, 5) is 2.69. The fourth-order valence-corrected chi connectivity index (χ4v) is 4.30. The standard InChI is InChI=1S/C16H20N2/c1-16-9-5-10-18(16)11-8-13-12-6-3-4-7-14(12)17(2)15(13)16/h3-4,6-7H,5,8-11H2,1-2H3. The van der Waals surface area contributed by atoms with E-state index < -0.39 is 0 Å². The van der Waals surface area contributed by atoms with E-state index in [1.807, 2.05) is 0 Å². The van der Waals surface area contributed by atoms with E-state index in [0.717, 1.165) is 0 Å². The number of benzene rings is 1. The van der Waals surface area contributed by atoms with E-state index in [-0.39, 0.29) is 5.54 Å². The van der Waals surface area contributed by atoms with Crippen LogP contribution in [0.3, 0.4) is 0 Å². The maximum Gasteiger partial charge on any atom is 0.0588 e. The van der Waals surface area contributed by atoms with E-state index in [9.17, 15) is 0 Å². The van der Waals surface area contributed by atoms with Gasteiger partial charge in [0, 0.05) is 30.2 Å². The Morgan fingerprint density at radius 1 is 1.17 bits per heavy atom. The van der Waals surface area contributed by atoms with Crippen LogP contribution in [-0.4, -0.2) is 22.6 Å². The molecule has 0 amide bonds. The average molecular weight is 240 g/mol. The van der Waals surface area contributed by atoms with Crippen molar-refractivity contribution in [2.45, 2.75) is 31.7 Å². The minimum atomic E-state index is 0.279. The largest absolute Gasteiger partial charge is 0.346 e. The Balaban J connectivity index is 2.08. The van der Waals surface area contributed by atoms with Crippen LogP contribution in [0.4, 0.5) is 0 Å². The number of aromatic nitrogens is 1. The third kappa shape index (κ3) is 1.12. The molecular formula is C16H20N2. The molecule has 0 saturated carbocycles. The molecule has 2 nitrogen and oxygen atoms in total. The molecule has 1 saturated heterocycles. The summed E-state index contributed by atoms with van der Waals surface area (Å²) in [5.74, 6) is 0. The first-order valence-corrected chi connectivity index (χ1v) is 7.03. The highest BCUT2D eigenvalue weighted by molar-refractivity contribution is 5.86. The van der Waals surface area contributed by atoms with Gasteiger partial charge in [-0.2, -0.15) is 0 Å². The topological polar surface area (TPSA) is 8.17 Å². The van der Waals surface area contributed by atoms with E-state index in [1.54, 1.807) is 11.3 Å². The van der Waals surface area contributed by atoms with Crippen LogP contribution in [0.5, 0.6) is 0 Å². The van der Waals surface area contributed by atoms with E-state index >= 15 is 0 Å². The molecule has 1 fully saturated rings. The van der Waals surface area contributed by atoms with E-state index in [2.05, 4.69) is 47.7 Å². The van der Waals surface area contributed by atoms with E-state index in [0.29, 0.717) is 0 Å². The van der Waals surface area contributed by atoms with Crippen LogP contribution in [0.15, 0.2) is 24.3 Å². The number of nitrogens with zero attached hydrogens (tertiary/aromatic N) is 2. The van der Waals surface area contributed by atoms with Crippen LogP contribution in [0.1, 0.15) is 31.0 Å². The van der Waals surface area contributed by atoms with Gasteiger partial charge in [0.15, 0.2) is 0 Å². The average Bonchev–Trinajstić information content (AvgIpc) is 2.90. The number of hydrogen-bond donors (Lipinski definition) is 0. The Morgan fingerprint density at radius 2 is 2.00 bits per heavy atom. The molecule has 0 aliphatic carbocycles. The maximum absolute atomic E-state index is 2.69. The molecule has 18 heavy (non-hydrogen) atoms. The van der Waals surface area contributed by atoms with Crippen LogP contribution in [0.25, 0.3) is 10.9 Å². The quantitative estimate of drug-likeness (QED) is 0.687. The molecule has 4 rings (SSSR count). The highest BCUT2D eigenvalue weighted by Crippen LogP contribution is 2.45. The van der Waals surface area contributed by atoms with Crippen LogP contribution < -0.4 is 0 Å². The van der Waals surface area contributed by atoms with Crippen LogP contribution >= 0.6 is 0 Å². The van der Waals surface area contributed by atoms with Crippen molar-refractivity contribution in [1.29, 1.82) is 0 Å². The lowest BCUT2D eigenvalue weighted by Crippen LogP contribution is -2.45. The summed E-state index contributed by atoms with van der Waals surface area (Å²) in [6, 6.07) is 8.88. The number of rotatable bonds is 0. The Morgan fingerprint density at radius 3 is 2.89 bits per heavy atom. The monoisotopic (exact) mass is 240 g/mol. The fraction of sp³-hybridized carbons (Fsp3) is 0.500. The second kappa shape index (κ2) is 3.39. The van der Waals surface area contributed by atoms with Gasteiger partial charge in [-0.3, -0.25) is 4.90 Å². The van der Waals surface area contributed by atoms with E-state index in [1.165, 1.54) is 43.3 Å². The Bertz CT molecular complexity index is 625. The summed E-state index contributed by atoms with van der Waals surface area (Å²) in [7, 11) is 2.24. The molecule has 0 spiro atoms. The first-order valence-electron chi connectivity index (χ1n) is 7.03. The van der Waals surface area contributed by atoms with Gasteiger partial charge in [0.1, 0.15) is 0 Å². The molecule has 1 atom stereocenters. The molecule has 2 aliphatic rings. The number of fused-ring (bicyclic) bond motifs is 5. The Kier molecular flexibility index (Phi) is 2.00. The number of hydrogen-bond acceptors (Lipinski definition) is 1. The minimum absolute atomic E-state index is 0.279. The van der Waals surface area contributed by atoms with Gasteiger partial charge < -0.3 is 4.57 Å². The van der Waals surface area contributed by atoms with Crippen molar-refractivity contribution in [2.24, 2.45) is 7.05 Å². The predicted octanol–water partition coefficient (Wildman–Crippen LogP) is 3.05. The SMILES string of the molecule is Cn1c2c(c3ccccc31)CCN1CCCC21C. The second-order valence-electron chi connectivity index (χ2n) is 6.02. The molecule has 1 unspecified atom stereocenters. The summed E-state index contributed by atoms with van der Waals surface area (Å²) < 4.78 is 2.45. The normalized spacial score (nSPS) is 27.4. The van der Waals surface area contributed by atoms with Crippen molar-refractivity contribution in [1.82, 2.24) is 9.47 Å². The first kappa shape index (κ1) is 10.6. The van der Waals surface area contributed by atoms with Gasteiger partial charge in [-0.05, 0) is 44.4 Å². The summed E-state index contributed by atoms with van der Waals surface area (Å²) in [5.41, 5.74) is 4.86. The molecule has 94 valence electrons. The molecular weight excluding hydrogens is 220 g/mol. The van der Waals surface area contributed by atoms with Gasteiger partial charge >= 0.3 is 0 Å². The van der Waals surface area contributed by atoms with Crippen molar-refractivity contribution >= 4 is 10.9 Å². The first-order chi connectivity index (χ1) is 8.72. The van der Waals surface area contributed by atoms with Gasteiger partial charge in [0.2, 0.25) is 0 Å². The summed E-state index contributed by atoms with van der Waals surface area (Å²) in [6.07, 6.45) is 3.87. The zero-order chi connectivity index (χ0) is 12.3. The molecule has 0 radical (unpaired) electrons.